The van der Waals surface area contributed by atoms with Gasteiger partial charge in [-0.05, 0) is 48.5 Å². The molecule has 0 bridgehead atoms. The molecule has 9 rings (SSSR count). The van der Waals surface area contributed by atoms with Crippen molar-refractivity contribution in [1.29, 1.82) is 0 Å². The van der Waals surface area contributed by atoms with Gasteiger partial charge in [0.05, 0.1) is 27.8 Å². The summed E-state index contributed by atoms with van der Waals surface area (Å²) in [4.78, 5) is 9.44. The highest BCUT2D eigenvalue weighted by molar-refractivity contribution is 6.10. The van der Waals surface area contributed by atoms with Crippen molar-refractivity contribution in [1.82, 2.24) is 19.1 Å². The van der Waals surface area contributed by atoms with Gasteiger partial charge in [-0.2, -0.15) is 0 Å². The fraction of sp³-hybridized carbons (Fsp3) is 0. The second kappa shape index (κ2) is 8.81. The van der Waals surface area contributed by atoms with Crippen LogP contribution in [-0.4, -0.2) is 19.1 Å². The largest absolute Gasteiger partial charge is 0.457 e. The highest BCUT2D eigenvalue weighted by atomic mass is 16.5. The van der Waals surface area contributed by atoms with Crippen LogP contribution in [0, 0.1) is 0 Å². The summed E-state index contributed by atoms with van der Waals surface area (Å²) < 4.78 is 16.9. The highest BCUT2D eigenvalue weighted by Crippen LogP contribution is 2.36. The number of furan rings is 1. The lowest BCUT2D eigenvalue weighted by atomic mass is 10.1. The molecule has 0 N–H and O–H groups in total. The minimum Gasteiger partial charge on any atom is -0.457 e. The van der Waals surface area contributed by atoms with Crippen LogP contribution < -0.4 is 4.74 Å². The van der Waals surface area contributed by atoms with E-state index >= 15 is 0 Å². The zero-order valence-corrected chi connectivity index (χ0v) is 22.3. The Morgan fingerprint density at radius 3 is 2.29 bits per heavy atom. The van der Waals surface area contributed by atoms with Crippen molar-refractivity contribution in [3.05, 3.63) is 134 Å². The summed E-state index contributed by atoms with van der Waals surface area (Å²) in [5.41, 5.74) is 6.74. The molecule has 0 aliphatic carbocycles. The van der Waals surface area contributed by atoms with Crippen LogP contribution in [-0.2, 0) is 0 Å². The molecule has 0 spiro atoms. The number of para-hydroxylation sites is 4. The van der Waals surface area contributed by atoms with Crippen LogP contribution in [0.4, 0.5) is 0 Å². The van der Waals surface area contributed by atoms with Gasteiger partial charge in [0.25, 0.3) is 0 Å². The van der Waals surface area contributed by atoms with Crippen molar-refractivity contribution in [2.45, 2.75) is 0 Å². The molecule has 4 heterocycles. The summed E-state index contributed by atoms with van der Waals surface area (Å²) in [6.45, 7) is 0. The Balaban J connectivity index is 1.17. The molecule has 6 nitrogen and oxygen atoms in total. The van der Waals surface area contributed by atoms with Gasteiger partial charge in [0, 0.05) is 45.9 Å². The van der Waals surface area contributed by atoms with Gasteiger partial charge >= 0.3 is 0 Å². The van der Waals surface area contributed by atoms with Gasteiger partial charge < -0.3 is 9.15 Å². The van der Waals surface area contributed by atoms with E-state index in [1.54, 1.807) is 0 Å². The third-order valence-electron chi connectivity index (χ3n) is 7.91. The van der Waals surface area contributed by atoms with Gasteiger partial charge in [-0.1, -0.05) is 54.6 Å². The van der Waals surface area contributed by atoms with Crippen LogP contribution >= 0.6 is 0 Å². The number of pyridine rings is 1. The van der Waals surface area contributed by atoms with Gasteiger partial charge in [-0.25, -0.2) is 9.97 Å². The Hall–Kier alpha value is -5.88. The summed E-state index contributed by atoms with van der Waals surface area (Å²) in [5, 5.41) is 4.35. The quantitative estimate of drug-likeness (QED) is 0.222. The van der Waals surface area contributed by atoms with E-state index in [-0.39, 0.29) is 0 Å². The normalized spacial score (nSPS) is 11.8. The molecule has 0 amide bonds. The zero-order valence-electron chi connectivity index (χ0n) is 22.3. The van der Waals surface area contributed by atoms with E-state index in [9.17, 15) is 0 Å². The van der Waals surface area contributed by atoms with Gasteiger partial charge in [0.15, 0.2) is 0 Å². The Morgan fingerprint density at radius 2 is 1.33 bits per heavy atom. The van der Waals surface area contributed by atoms with Crippen LogP contribution in [0.15, 0.2) is 138 Å². The number of ether oxygens (including phenoxy) is 1. The second-order valence-corrected chi connectivity index (χ2v) is 10.4. The minimum absolute atomic E-state index is 0.740. The number of hydrogen-bond acceptors (Lipinski definition) is 4. The summed E-state index contributed by atoms with van der Waals surface area (Å²) in [6, 6.07) is 40.9. The molecule has 0 saturated heterocycles. The number of fused-ring (bicyclic) bond motifs is 7. The molecule has 0 aliphatic rings. The van der Waals surface area contributed by atoms with Crippen molar-refractivity contribution in [3.63, 3.8) is 0 Å². The van der Waals surface area contributed by atoms with Crippen molar-refractivity contribution >= 4 is 54.8 Å². The minimum atomic E-state index is 0.740. The van der Waals surface area contributed by atoms with Gasteiger partial charge in [-0.15, -0.1) is 0 Å². The molecule has 0 atom stereocenters. The number of benzene rings is 5. The first-order valence-electron chi connectivity index (χ1n) is 13.8. The standard InChI is InChI=1S/C36H22N4O2/c1-4-13-31-26(10-1)27-17-16-25(41-24-9-7-8-23(18-24)39-22-38-30-12-3-5-14-32(30)39)19-33(27)40(31)36-20-35-29(21-37-36)28-11-2-6-15-34(28)42-35/h1-22H. The molecule has 0 radical (unpaired) electrons. The first-order valence-corrected chi connectivity index (χ1v) is 13.8. The molecule has 6 heteroatoms. The fourth-order valence-electron chi connectivity index (χ4n) is 5.99. The zero-order chi connectivity index (χ0) is 27.6. The van der Waals surface area contributed by atoms with Crippen molar-refractivity contribution < 1.29 is 9.15 Å². The number of hydrogen-bond donors (Lipinski definition) is 0. The van der Waals surface area contributed by atoms with E-state index in [1.165, 1.54) is 0 Å². The number of imidazole rings is 1. The summed E-state index contributed by atoms with van der Waals surface area (Å²) in [7, 11) is 0. The lowest BCUT2D eigenvalue weighted by Crippen LogP contribution is -1.97. The SMILES string of the molecule is c1cc(Oc2ccc3c4ccccc4n(-c4cc5oc6ccccc6c5cn4)c3c2)cc(-n2cnc3ccccc32)c1. The molecule has 0 unspecified atom stereocenters. The third-order valence-corrected chi connectivity index (χ3v) is 7.91. The van der Waals surface area contributed by atoms with Crippen LogP contribution in [0.2, 0.25) is 0 Å². The predicted molar refractivity (Wildman–Crippen MR) is 167 cm³/mol. The van der Waals surface area contributed by atoms with Gasteiger partial charge in [0.1, 0.15) is 34.8 Å². The smallest absolute Gasteiger partial charge is 0.141 e. The van der Waals surface area contributed by atoms with E-state index in [1.807, 2.05) is 79.3 Å². The van der Waals surface area contributed by atoms with Crippen molar-refractivity contribution in [3.8, 4) is 23.0 Å². The topological polar surface area (TPSA) is 58.0 Å². The maximum atomic E-state index is 6.45. The summed E-state index contributed by atoms with van der Waals surface area (Å²) in [6.07, 6.45) is 3.75. The number of aromatic nitrogens is 4. The van der Waals surface area contributed by atoms with E-state index in [0.29, 0.717) is 0 Å². The summed E-state index contributed by atoms with van der Waals surface area (Å²) >= 11 is 0. The molecule has 0 fully saturated rings. The van der Waals surface area contributed by atoms with E-state index in [0.717, 1.165) is 77.8 Å². The van der Waals surface area contributed by atoms with Crippen molar-refractivity contribution in [2.24, 2.45) is 0 Å². The Labute approximate surface area is 239 Å². The Morgan fingerprint density at radius 1 is 0.548 bits per heavy atom. The molecule has 4 aromatic heterocycles. The highest BCUT2D eigenvalue weighted by Gasteiger charge is 2.16. The molecule has 5 aromatic carbocycles. The van der Waals surface area contributed by atoms with Crippen LogP contribution in [0.3, 0.4) is 0 Å². The fourth-order valence-corrected chi connectivity index (χ4v) is 5.99. The molecular formula is C36H22N4O2. The number of nitrogens with zero attached hydrogens (tertiary/aromatic N) is 4. The average molecular weight is 543 g/mol. The van der Waals surface area contributed by atoms with Gasteiger partial charge in [-0.3, -0.25) is 9.13 Å². The first kappa shape index (κ1) is 22.9. The molecule has 0 aliphatic heterocycles. The van der Waals surface area contributed by atoms with Crippen LogP contribution in [0.1, 0.15) is 0 Å². The molecule has 9 aromatic rings. The maximum absolute atomic E-state index is 6.45. The third kappa shape index (κ3) is 3.45. The second-order valence-electron chi connectivity index (χ2n) is 10.4. The van der Waals surface area contributed by atoms with Gasteiger partial charge in [0.2, 0.25) is 0 Å². The average Bonchev–Trinajstić information content (AvgIpc) is 3.72. The van der Waals surface area contributed by atoms with E-state index in [2.05, 4.69) is 68.7 Å². The van der Waals surface area contributed by atoms with Crippen LogP contribution in [0.25, 0.3) is 66.3 Å². The first-order chi connectivity index (χ1) is 20.8. The molecule has 42 heavy (non-hydrogen) atoms. The Bertz CT molecular complexity index is 2460. The Kier molecular flexibility index (Phi) is 4.80. The monoisotopic (exact) mass is 542 g/mol. The van der Waals surface area contributed by atoms with Crippen LogP contribution in [0.5, 0.6) is 11.5 Å². The van der Waals surface area contributed by atoms with Crippen molar-refractivity contribution in [2.75, 3.05) is 0 Å². The molecular weight excluding hydrogens is 520 g/mol. The lowest BCUT2D eigenvalue weighted by Gasteiger charge is -2.11. The molecule has 0 saturated carbocycles. The number of rotatable bonds is 4. The lowest BCUT2D eigenvalue weighted by molar-refractivity contribution is 0.483. The summed E-state index contributed by atoms with van der Waals surface area (Å²) in [5.74, 6) is 2.28. The van der Waals surface area contributed by atoms with E-state index < -0.39 is 0 Å². The van der Waals surface area contributed by atoms with E-state index in [4.69, 9.17) is 14.1 Å². The predicted octanol–water partition coefficient (Wildman–Crippen LogP) is 9.21. The maximum Gasteiger partial charge on any atom is 0.141 e. The molecule has 198 valence electrons.